The van der Waals surface area contributed by atoms with Crippen LogP contribution in [0.15, 0.2) is 57.3 Å². The zero-order valence-electron chi connectivity index (χ0n) is 17.6. The zero-order chi connectivity index (χ0) is 22.0. The normalized spacial score (nSPS) is 12.5. The molecule has 0 fully saturated rings. The van der Waals surface area contributed by atoms with Gasteiger partial charge in [0.15, 0.2) is 5.16 Å². The van der Waals surface area contributed by atoms with Crippen molar-refractivity contribution in [3.63, 3.8) is 0 Å². The van der Waals surface area contributed by atoms with Gasteiger partial charge in [-0.15, -0.1) is 11.8 Å². The second kappa shape index (κ2) is 9.20. The van der Waals surface area contributed by atoms with E-state index < -0.39 is 0 Å². The van der Waals surface area contributed by atoms with Crippen molar-refractivity contribution >= 4 is 35.1 Å². The Balaban J connectivity index is 1.62. The number of thioether (sulfide) groups is 2. The van der Waals surface area contributed by atoms with E-state index in [1.807, 2.05) is 50.2 Å². The lowest BCUT2D eigenvalue weighted by Crippen LogP contribution is -2.24. The highest BCUT2D eigenvalue weighted by molar-refractivity contribution is 8.00. The molecule has 1 aliphatic heterocycles. The Labute approximate surface area is 189 Å². The number of hydrogen-bond donors (Lipinski definition) is 1. The minimum absolute atomic E-state index is 0.0990. The lowest BCUT2D eigenvalue weighted by Gasteiger charge is -2.14. The summed E-state index contributed by atoms with van der Waals surface area (Å²) in [7, 11) is 1.59. The molecule has 8 heteroatoms. The monoisotopic (exact) mass is 453 g/mol. The Morgan fingerprint density at radius 1 is 1.26 bits per heavy atom. The summed E-state index contributed by atoms with van der Waals surface area (Å²) < 4.78 is 6.90. The van der Waals surface area contributed by atoms with Crippen molar-refractivity contribution in [3.05, 3.63) is 69.6 Å². The number of nitrogens with one attached hydrogen (secondary N) is 1. The van der Waals surface area contributed by atoms with Gasteiger partial charge < -0.3 is 10.1 Å². The minimum atomic E-state index is -0.140. The van der Waals surface area contributed by atoms with E-state index in [-0.39, 0.29) is 17.2 Å². The Kier molecular flexibility index (Phi) is 6.38. The third-order valence-corrected chi connectivity index (χ3v) is 7.01. The van der Waals surface area contributed by atoms with Crippen LogP contribution in [0.4, 0.5) is 5.69 Å². The highest BCUT2D eigenvalue weighted by Crippen LogP contribution is 2.30. The van der Waals surface area contributed by atoms with Crippen LogP contribution in [0.25, 0.3) is 5.69 Å². The summed E-state index contributed by atoms with van der Waals surface area (Å²) in [6.07, 6.45) is 0.760. The van der Waals surface area contributed by atoms with Crippen molar-refractivity contribution in [2.75, 3.05) is 23.9 Å². The number of anilines is 1. The molecule has 4 rings (SSSR count). The van der Waals surface area contributed by atoms with Crippen LogP contribution in [0.2, 0.25) is 0 Å². The molecule has 160 valence electrons. The third-order valence-electron chi connectivity index (χ3n) is 4.97. The van der Waals surface area contributed by atoms with E-state index in [0.717, 1.165) is 34.7 Å². The van der Waals surface area contributed by atoms with Gasteiger partial charge in [-0.3, -0.25) is 14.2 Å². The number of fused-ring (bicyclic) bond motifs is 1. The van der Waals surface area contributed by atoms with Crippen LogP contribution >= 0.6 is 23.5 Å². The van der Waals surface area contributed by atoms with E-state index in [2.05, 4.69) is 5.32 Å². The van der Waals surface area contributed by atoms with Crippen LogP contribution in [0, 0.1) is 13.8 Å². The molecule has 0 saturated carbocycles. The molecule has 0 saturated heterocycles. The highest BCUT2D eigenvalue weighted by Gasteiger charge is 2.23. The largest absolute Gasteiger partial charge is 0.497 e. The number of methoxy groups -OCH3 is 1. The quantitative estimate of drug-likeness (QED) is 0.445. The molecule has 0 atom stereocenters. The fourth-order valence-electron chi connectivity index (χ4n) is 3.44. The first kappa shape index (κ1) is 21.5. The summed E-state index contributed by atoms with van der Waals surface area (Å²) in [6.45, 7) is 3.99. The molecule has 0 radical (unpaired) electrons. The lowest BCUT2D eigenvalue weighted by molar-refractivity contribution is -0.113. The molecule has 6 nitrogen and oxygen atoms in total. The molecular weight excluding hydrogens is 430 g/mol. The second-order valence-corrected chi connectivity index (χ2v) is 9.31. The number of hydrogen-bond acceptors (Lipinski definition) is 6. The average Bonchev–Trinajstić information content (AvgIpc) is 3.23. The zero-order valence-corrected chi connectivity index (χ0v) is 19.2. The maximum absolute atomic E-state index is 13.2. The second-order valence-electron chi connectivity index (χ2n) is 7.27. The van der Waals surface area contributed by atoms with E-state index in [1.54, 1.807) is 17.7 Å². The molecule has 1 aliphatic rings. The summed E-state index contributed by atoms with van der Waals surface area (Å²) in [5.74, 6) is 1.51. The minimum Gasteiger partial charge on any atom is -0.497 e. The number of aromatic nitrogens is 2. The maximum atomic E-state index is 13.2. The molecule has 0 unspecified atom stereocenters. The number of rotatable bonds is 6. The number of carbonyl (C=O) groups is 1. The van der Waals surface area contributed by atoms with Crippen molar-refractivity contribution in [1.82, 2.24) is 9.55 Å². The molecule has 1 aromatic heterocycles. The smallest absolute Gasteiger partial charge is 0.272 e. The van der Waals surface area contributed by atoms with E-state index in [1.165, 1.54) is 23.5 Å². The van der Waals surface area contributed by atoms with Crippen LogP contribution in [0.1, 0.15) is 16.8 Å². The van der Waals surface area contributed by atoms with Crippen LogP contribution in [0.5, 0.6) is 5.75 Å². The summed E-state index contributed by atoms with van der Waals surface area (Å²) in [4.78, 5) is 31.3. The van der Waals surface area contributed by atoms with Gasteiger partial charge in [0.2, 0.25) is 5.91 Å². The Hall–Kier alpha value is -2.71. The van der Waals surface area contributed by atoms with Gasteiger partial charge in [0.1, 0.15) is 5.75 Å². The Morgan fingerprint density at radius 3 is 2.87 bits per heavy atom. The highest BCUT2D eigenvalue weighted by atomic mass is 32.2. The van der Waals surface area contributed by atoms with E-state index in [9.17, 15) is 9.59 Å². The number of carbonyl (C=O) groups excluding carboxylic acids is 1. The van der Waals surface area contributed by atoms with Crippen molar-refractivity contribution in [2.24, 2.45) is 0 Å². The topological polar surface area (TPSA) is 73.2 Å². The number of aryl methyl sites for hydroxylation is 3. The van der Waals surface area contributed by atoms with Crippen LogP contribution in [-0.2, 0) is 11.2 Å². The van der Waals surface area contributed by atoms with Crippen molar-refractivity contribution in [3.8, 4) is 11.4 Å². The van der Waals surface area contributed by atoms with E-state index >= 15 is 0 Å². The number of nitrogens with zero attached hydrogens (tertiary/aromatic N) is 2. The van der Waals surface area contributed by atoms with E-state index in [0.29, 0.717) is 21.5 Å². The Bertz CT molecular complexity index is 1210. The van der Waals surface area contributed by atoms with Crippen LogP contribution < -0.4 is 15.6 Å². The van der Waals surface area contributed by atoms with Gasteiger partial charge in [-0.25, -0.2) is 4.98 Å². The molecule has 31 heavy (non-hydrogen) atoms. The molecule has 0 spiro atoms. The number of ether oxygens (including phenoxy) is 1. The number of amides is 1. The first-order valence-corrected chi connectivity index (χ1v) is 11.9. The van der Waals surface area contributed by atoms with Crippen LogP contribution in [-0.4, -0.2) is 34.1 Å². The third kappa shape index (κ3) is 4.65. The van der Waals surface area contributed by atoms with Crippen molar-refractivity contribution < 1.29 is 9.53 Å². The van der Waals surface area contributed by atoms with E-state index in [4.69, 9.17) is 9.72 Å². The van der Waals surface area contributed by atoms with Gasteiger partial charge in [0, 0.05) is 23.9 Å². The molecule has 0 aliphatic carbocycles. The first-order chi connectivity index (χ1) is 15.0. The fraction of sp³-hybridized carbons (Fsp3) is 0.261. The maximum Gasteiger partial charge on any atom is 0.272 e. The summed E-state index contributed by atoms with van der Waals surface area (Å²) >= 11 is 2.80. The summed E-state index contributed by atoms with van der Waals surface area (Å²) in [5.41, 5.74) is 4.33. The number of benzene rings is 2. The predicted octanol–water partition coefficient (Wildman–Crippen LogP) is 4.24. The van der Waals surface area contributed by atoms with Gasteiger partial charge in [0.25, 0.3) is 5.56 Å². The average molecular weight is 454 g/mol. The Morgan fingerprint density at radius 2 is 2.10 bits per heavy atom. The molecule has 1 N–H and O–H groups in total. The summed E-state index contributed by atoms with van der Waals surface area (Å²) in [5, 5.41) is 3.46. The molecule has 3 aromatic rings. The lowest BCUT2D eigenvalue weighted by atomic mass is 10.1. The fourth-order valence-corrected chi connectivity index (χ4v) is 5.29. The van der Waals surface area contributed by atoms with Gasteiger partial charge in [0.05, 0.1) is 29.1 Å². The summed E-state index contributed by atoms with van der Waals surface area (Å²) in [6, 6.07) is 13.2. The molecule has 0 bridgehead atoms. The molecule has 1 amide bonds. The first-order valence-electron chi connectivity index (χ1n) is 9.89. The van der Waals surface area contributed by atoms with Gasteiger partial charge in [-0.1, -0.05) is 35.5 Å². The van der Waals surface area contributed by atoms with Gasteiger partial charge in [-0.05, 0) is 37.6 Å². The molecule has 2 heterocycles. The van der Waals surface area contributed by atoms with Gasteiger partial charge in [-0.2, -0.15) is 0 Å². The van der Waals surface area contributed by atoms with Crippen molar-refractivity contribution in [2.45, 2.75) is 30.3 Å². The van der Waals surface area contributed by atoms with Crippen molar-refractivity contribution in [1.29, 1.82) is 0 Å². The van der Waals surface area contributed by atoms with Gasteiger partial charge >= 0.3 is 0 Å². The standard InChI is InChI=1S/C23H23N3O3S2/c1-14-7-8-18(15(2)11-14)24-20(27)13-31-23-25-19-9-10-30-21(19)22(28)26(23)16-5-4-6-17(12-16)29-3/h4-8,11-12H,9-10,13H2,1-3H3,(H,24,27). The SMILES string of the molecule is COc1cccc(-n2c(SCC(=O)Nc3ccc(C)cc3C)nc3c(c2=O)SCC3)c1. The molecular formula is C23H23N3O3S2. The van der Waals surface area contributed by atoms with Crippen LogP contribution in [0.3, 0.4) is 0 Å². The predicted molar refractivity (Wildman–Crippen MR) is 126 cm³/mol. The molecule has 2 aromatic carbocycles.